The Bertz CT molecular complexity index is 267. The third kappa shape index (κ3) is 1.44. The Hall–Kier alpha value is -1.00. The highest BCUT2D eigenvalue weighted by Crippen LogP contribution is 2.38. The fraction of sp³-hybridized carbons (Fsp3) is 0.500. The zero-order chi connectivity index (χ0) is 8.55. The minimum Gasteiger partial charge on any atom is -0.364 e. The first-order chi connectivity index (χ1) is 5.77. The largest absolute Gasteiger partial charge is 0.364 e. The number of hydrogen-bond acceptors (Lipinski definition) is 4. The van der Waals surface area contributed by atoms with Gasteiger partial charge in [0.2, 0.25) is 0 Å². The molecule has 1 aliphatic carbocycles. The van der Waals surface area contributed by atoms with Gasteiger partial charge in [0.25, 0.3) is 0 Å². The van der Waals surface area contributed by atoms with Gasteiger partial charge in [-0.15, -0.1) is 0 Å². The van der Waals surface area contributed by atoms with Crippen LogP contribution in [0.15, 0.2) is 12.3 Å². The Labute approximate surface area is 69.9 Å². The van der Waals surface area contributed by atoms with E-state index in [-0.39, 0.29) is 0 Å². The highest BCUT2D eigenvalue weighted by molar-refractivity contribution is 5.19. The maximum Gasteiger partial charge on any atom is 0.180 e. The van der Waals surface area contributed by atoms with Gasteiger partial charge in [0.1, 0.15) is 0 Å². The lowest BCUT2D eigenvalue weighted by atomic mass is 10.2. The predicted octanol–water partition coefficient (Wildman–Crippen LogP) is 0.337. The fourth-order valence-corrected chi connectivity index (χ4v) is 1.12. The van der Waals surface area contributed by atoms with E-state index in [4.69, 9.17) is 10.2 Å². The molecule has 4 nitrogen and oxygen atoms in total. The lowest BCUT2D eigenvalue weighted by Gasteiger charge is -2.03. The van der Waals surface area contributed by atoms with Gasteiger partial charge in [0.15, 0.2) is 6.29 Å². The van der Waals surface area contributed by atoms with E-state index in [2.05, 4.69) is 10.2 Å². The van der Waals surface area contributed by atoms with E-state index in [0.717, 1.165) is 18.5 Å². The van der Waals surface area contributed by atoms with Gasteiger partial charge in [-0.25, -0.2) is 0 Å². The van der Waals surface area contributed by atoms with E-state index < -0.39 is 6.29 Å². The maximum atomic E-state index is 8.84. The van der Waals surface area contributed by atoms with Gasteiger partial charge in [0.05, 0.1) is 11.9 Å². The number of aromatic nitrogens is 2. The molecule has 0 unspecified atom stereocenters. The summed E-state index contributed by atoms with van der Waals surface area (Å²) in [6.45, 7) is 0. The highest BCUT2D eigenvalue weighted by Gasteiger charge is 2.25. The summed E-state index contributed by atoms with van der Waals surface area (Å²) >= 11 is 0. The van der Waals surface area contributed by atoms with E-state index in [1.807, 2.05) is 0 Å². The van der Waals surface area contributed by atoms with Crippen LogP contribution in [0.5, 0.6) is 0 Å². The van der Waals surface area contributed by atoms with Crippen molar-refractivity contribution < 1.29 is 10.2 Å². The molecule has 4 heteroatoms. The Kier molecular flexibility index (Phi) is 1.78. The van der Waals surface area contributed by atoms with Gasteiger partial charge in [-0.1, -0.05) is 0 Å². The van der Waals surface area contributed by atoms with Gasteiger partial charge in [-0.3, -0.25) is 0 Å². The molecule has 0 spiro atoms. The molecule has 2 rings (SSSR count). The van der Waals surface area contributed by atoms with Crippen LogP contribution in [0.4, 0.5) is 0 Å². The number of aliphatic hydroxyl groups is 2. The molecule has 1 aliphatic rings. The summed E-state index contributed by atoms with van der Waals surface area (Å²) in [7, 11) is 0. The minimum absolute atomic E-state index is 0.423. The SMILES string of the molecule is OC(O)c1cnnc(C2CC2)c1. The molecule has 0 aliphatic heterocycles. The average Bonchev–Trinajstić information content (AvgIpc) is 2.87. The van der Waals surface area contributed by atoms with Crippen molar-refractivity contribution >= 4 is 0 Å². The Morgan fingerprint density at radius 3 is 2.75 bits per heavy atom. The lowest BCUT2D eigenvalue weighted by molar-refractivity contribution is -0.0428. The topological polar surface area (TPSA) is 66.2 Å². The third-order valence-electron chi connectivity index (χ3n) is 1.99. The molecule has 1 heterocycles. The van der Waals surface area contributed by atoms with Crippen molar-refractivity contribution in [2.24, 2.45) is 0 Å². The van der Waals surface area contributed by atoms with Crippen LogP contribution in [0.25, 0.3) is 0 Å². The Balaban J connectivity index is 2.26. The summed E-state index contributed by atoms with van der Waals surface area (Å²) < 4.78 is 0. The van der Waals surface area contributed by atoms with Crippen LogP contribution in [-0.2, 0) is 0 Å². The van der Waals surface area contributed by atoms with Crippen molar-refractivity contribution in [2.75, 3.05) is 0 Å². The molecule has 12 heavy (non-hydrogen) atoms. The van der Waals surface area contributed by atoms with Crippen LogP contribution in [0.3, 0.4) is 0 Å². The molecule has 0 atom stereocenters. The zero-order valence-electron chi connectivity index (χ0n) is 6.51. The molecule has 0 bridgehead atoms. The molecule has 1 aromatic heterocycles. The Morgan fingerprint density at radius 1 is 1.42 bits per heavy atom. The van der Waals surface area contributed by atoms with Crippen molar-refractivity contribution in [1.29, 1.82) is 0 Å². The average molecular weight is 166 g/mol. The van der Waals surface area contributed by atoms with Crippen molar-refractivity contribution in [2.45, 2.75) is 25.0 Å². The number of aliphatic hydroxyl groups excluding tert-OH is 1. The van der Waals surface area contributed by atoms with E-state index in [9.17, 15) is 0 Å². The summed E-state index contributed by atoms with van der Waals surface area (Å²) in [4.78, 5) is 0. The standard InChI is InChI=1S/C8H10N2O2/c11-8(12)6-3-7(5-1-2-5)10-9-4-6/h3-5,8,11-12H,1-2H2. The van der Waals surface area contributed by atoms with Gasteiger partial charge in [-0.2, -0.15) is 10.2 Å². The van der Waals surface area contributed by atoms with Crippen LogP contribution in [0, 0.1) is 0 Å². The molecule has 2 N–H and O–H groups in total. The van der Waals surface area contributed by atoms with Gasteiger partial charge < -0.3 is 10.2 Å². The van der Waals surface area contributed by atoms with Crippen molar-refractivity contribution in [3.63, 3.8) is 0 Å². The second-order valence-electron chi connectivity index (χ2n) is 3.06. The summed E-state index contributed by atoms with van der Waals surface area (Å²) in [5.74, 6) is 0.496. The second kappa shape index (κ2) is 2.80. The highest BCUT2D eigenvalue weighted by atomic mass is 16.5. The van der Waals surface area contributed by atoms with Gasteiger partial charge in [-0.05, 0) is 18.9 Å². The first-order valence-electron chi connectivity index (χ1n) is 3.96. The summed E-state index contributed by atoms with van der Waals surface area (Å²) in [5, 5.41) is 25.3. The number of hydrogen-bond donors (Lipinski definition) is 2. The molecule has 1 saturated carbocycles. The van der Waals surface area contributed by atoms with E-state index in [1.54, 1.807) is 6.07 Å². The monoisotopic (exact) mass is 166 g/mol. The molecular formula is C8H10N2O2. The van der Waals surface area contributed by atoms with Crippen LogP contribution >= 0.6 is 0 Å². The molecule has 0 amide bonds. The summed E-state index contributed by atoms with van der Waals surface area (Å²) in [5.41, 5.74) is 1.30. The number of nitrogens with zero attached hydrogens (tertiary/aromatic N) is 2. The van der Waals surface area contributed by atoms with Crippen LogP contribution < -0.4 is 0 Å². The molecule has 0 aromatic carbocycles. The van der Waals surface area contributed by atoms with E-state index in [0.29, 0.717) is 11.5 Å². The quantitative estimate of drug-likeness (QED) is 0.621. The van der Waals surface area contributed by atoms with Gasteiger partial charge >= 0.3 is 0 Å². The van der Waals surface area contributed by atoms with Crippen LogP contribution in [-0.4, -0.2) is 20.4 Å². The van der Waals surface area contributed by atoms with Crippen LogP contribution in [0.2, 0.25) is 0 Å². The zero-order valence-corrected chi connectivity index (χ0v) is 6.51. The minimum atomic E-state index is -1.43. The first kappa shape index (κ1) is 7.64. The van der Waals surface area contributed by atoms with E-state index in [1.165, 1.54) is 6.20 Å². The van der Waals surface area contributed by atoms with Crippen molar-refractivity contribution in [3.8, 4) is 0 Å². The normalized spacial score (nSPS) is 16.9. The van der Waals surface area contributed by atoms with Crippen molar-refractivity contribution in [1.82, 2.24) is 10.2 Å². The lowest BCUT2D eigenvalue weighted by Crippen LogP contribution is -1.99. The molecule has 1 aromatic rings. The summed E-state index contributed by atoms with van der Waals surface area (Å²) in [6.07, 6.45) is 2.22. The van der Waals surface area contributed by atoms with Gasteiger partial charge in [0, 0.05) is 11.5 Å². The Morgan fingerprint density at radius 2 is 2.17 bits per heavy atom. The van der Waals surface area contributed by atoms with Crippen LogP contribution in [0.1, 0.15) is 36.3 Å². The summed E-state index contributed by atoms with van der Waals surface area (Å²) in [6, 6.07) is 1.70. The fourth-order valence-electron chi connectivity index (χ4n) is 1.12. The predicted molar refractivity (Wildman–Crippen MR) is 41.2 cm³/mol. The second-order valence-corrected chi connectivity index (χ2v) is 3.06. The van der Waals surface area contributed by atoms with E-state index >= 15 is 0 Å². The van der Waals surface area contributed by atoms with Crippen molar-refractivity contribution in [3.05, 3.63) is 23.5 Å². The molecule has 0 saturated heterocycles. The maximum absolute atomic E-state index is 8.84. The molecule has 1 fully saturated rings. The molecular weight excluding hydrogens is 156 g/mol. The smallest absolute Gasteiger partial charge is 0.180 e. The molecule has 64 valence electrons. The number of rotatable bonds is 2. The first-order valence-corrected chi connectivity index (χ1v) is 3.96. The molecule has 0 radical (unpaired) electrons. The third-order valence-corrected chi connectivity index (χ3v) is 1.99.